The highest BCUT2D eigenvalue weighted by molar-refractivity contribution is 5.96. The lowest BCUT2D eigenvalue weighted by Crippen LogP contribution is -2.45. The summed E-state index contributed by atoms with van der Waals surface area (Å²) in [6.45, 7) is 5.00. The first-order valence-corrected chi connectivity index (χ1v) is 3.93. The predicted molar refractivity (Wildman–Crippen MR) is 48.1 cm³/mol. The molecule has 0 radical (unpaired) electrons. The molecule has 0 fully saturated rings. The molecular formula is C8H13N3O2. The number of aryl methyl sites for hydroxylation is 1. The zero-order valence-corrected chi connectivity index (χ0v) is 7.92. The van der Waals surface area contributed by atoms with Crippen LogP contribution in [-0.4, -0.2) is 16.6 Å². The summed E-state index contributed by atoms with van der Waals surface area (Å²) in [4.78, 5) is 11.3. The van der Waals surface area contributed by atoms with Gasteiger partial charge in [0.2, 0.25) is 11.8 Å². The average molecular weight is 183 g/mol. The molecule has 0 bridgehead atoms. The Kier molecular flexibility index (Phi) is 2.38. The lowest BCUT2D eigenvalue weighted by atomic mass is 10.1. The SMILES string of the molecule is Cc1cc(NC(=O)C(C)(C)N)on1. The van der Waals surface area contributed by atoms with Crippen LogP contribution < -0.4 is 11.1 Å². The molecular weight excluding hydrogens is 170 g/mol. The molecule has 0 saturated carbocycles. The Morgan fingerprint density at radius 1 is 1.69 bits per heavy atom. The Labute approximate surface area is 76.3 Å². The molecule has 1 heterocycles. The molecule has 1 aromatic rings. The van der Waals surface area contributed by atoms with E-state index in [0.717, 1.165) is 0 Å². The van der Waals surface area contributed by atoms with Crippen LogP contribution in [0.3, 0.4) is 0 Å². The smallest absolute Gasteiger partial charge is 0.246 e. The number of nitrogens with one attached hydrogen (secondary N) is 1. The minimum atomic E-state index is -0.916. The van der Waals surface area contributed by atoms with E-state index in [4.69, 9.17) is 10.3 Å². The molecule has 72 valence electrons. The number of nitrogens with zero attached hydrogens (tertiary/aromatic N) is 1. The number of carbonyl (C=O) groups is 1. The first kappa shape index (κ1) is 9.73. The van der Waals surface area contributed by atoms with Crippen LogP contribution in [0.25, 0.3) is 0 Å². The van der Waals surface area contributed by atoms with E-state index >= 15 is 0 Å². The lowest BCUT2D eigenvalue weighted by molar-refractivity contribution is -0.120. The summed E-state index contributed by atoms with van der Waals surface area (Å²) in [5, 5.41) is 6.13. The van der Waals surface area contributed by atoms with Crippen molar-refractivity contribution in [1.82, 2.24) is 5.16 Å². The summed E-state index contributed by atoms with van der Waals surface area (Å²) in [7, 11) is 0. The van der Waals surface area contributed by atoms with Crippen molar-refractivity contribution < 1.29 is 9.32 Å². The van der Waals surface area contributed by atoms with Gasteiger partial charge >= 0.3 is 0 Å². The van der Waals surface area contributed by atoms with E-state index in [-0.39, 0.29) is 5.91 Å². The Morgan fingerprint density at radius 2 is 2.31 bits per heavy atom. The number of hydrogen-bond donors (Lipinski definition) is 2. The molecule has 0 aliphatic heterocycles. The molecule has 0 spiro atoms. The van der Waals surface area contributed by atoms with Crippen molar-refractivity contribution in [2.75, 3.05) is 5.32 Å². The van der Waals surface area contributed by atoms with Crippen molar-refractivity contribution in [3.05, 3.63) is 11.8 Å². The summed E-state index contributed by atoms with van der Waals surface area (Å²) in [6, 6.07) is 1.63. The summed E-state index contributed by atoms with van der Waals surface area (Å²) < 4.78 is 4.79. The third-order valence-electron chi connectivity index (χ3n) is 1.45. The number of hydrogen-bond acceptors (Lipinski definition) is 4. The lowest BCUT2D eigenvalue weighted by Gasteiger charge is -2.15. The van der Waals surface area contributed by atoms with Gasteiger partial charge in [-0.3, -0.25) is 10.1 Å². The van der Waals surface area contributed by atoms with Crippen LogP contribution in [0.2, 0.25) is 0 Å². The minimum Gasteiger partial charge on any atom is -0.338 e. The number of nitrogens with two attached hydrogens (primary N) is 1. The molecule has 1 rings (SSSR count). The van der Waals surface area contributed by atoms with Crippen LogP contribution in [0.5, 0.6) is 0 Å². The maximum Gasteiger partial charge on any atom is 0.246 e. The standard InChI is InChI=1S/C8H13N3O2/c1-5-4-6(13-11-5)10-7(12)8(2,3)9/h4H,9H2,1-3H3,(H,10,12). The van der Waals surface area contributed by atoms with Gasteiger partial charge in [0.25, 0.3) is 0 Å². The molecule has 0 atom stereocenters. The highest BCUT2D eigenvalue weighted by atomic mass is 16.5. The topological polar surface area (TPSA) is 81.2 Å². The third-order valence-corrected chi connectivity index (χ3v) is 1.45. The van der Waals surface area contributed by atoms with Gasteiger partial charge in [-0.1, -0.05) is 5.16 Å². The second-order valence-corrected chi connectivity index (χ2v) is 3.51. The van der Waals surface area contributed by atoms with Gasteiger partial charge in [0.1, 0.15) is 0 Å². The molecule has 5 heteroatoms. The summed E-state index contributed by atoms with van der Waals surface area (Å²) >= 11 is 0. The first-order chi connectivity index (χ1) is 5.89. The Hall–Kier alpha value is -1.36. The molecule has 0 aliphatic carbocycles. The van der Waals surface area contributed by atoms with E-state index < -0.39 is 5.54 Å². The van der Waals surface area contributed by atoms with Gasteiger partial charge in [0.15, 0.2) is 0 Å². The molecule has 0 unspecified atom stereocenters. The van der Waals surface area contributed by atoms with Crippen molar-refractivity contribution in [3.8, 4) is 0 Å². The van der Waals surface area contributed by atoms with Crippen molar-refractivity contribution >= 4 is 11.8 Å². The van der Waals surface area contributed by atoms with Crippen LogP contribution in [0, 0.1) is 6.92 Å². The average Bonchev–Trinajstić information content (AvgIpc) is 2.33. The second kappa shape index (κ2) is 3.18. The number of rotatable bonds is 2. The monoisotopic (exact) mass is 183 g/mol. The Balaban J connectivity index is 2.65. The van der Waals surface area contributed by atoms with E-state index in [1.165, 1.54) is 0 Å². The van der Waals surface area contributed by atoms with Gasteiger partial charge in [-0.25, -0.2) is 0 Å². The molecule has 3 N–H and O–H groups in total. The van der Waals surface area contributed by atoms with Crippen LogP contribution in [0.1, 0.15) is 19.5 Å². The van der Waals surface area contributed by atoms with Crippen molar-refractivity contribution in [2.24, 2.45) is 5.73 Å². The quantitative estimate of drug-likeness (QED) is 0.705. The normalized spacial score (nSPS) is 11.4. The Bertz CT molecular complexity index is 311. The number of aromatic nitrogens is 1. The van der Waals surface area contributed by atoms with Crippen molar-refractivity contribution in [1.29, 1.82) is 0 Å². The fraction of sp³-hybridized carbons (Fsp3) is 0.500. The number of anilines is 1. The molecule has 0 aliphatic rings. The van der Waals surface area contributed by atoms with E-state index in [9.17, 15) is 4.79 Å². The van der Waals surface area contributed by atoms with Gasteiger partial charge in [-0.15, -0.1) is 0 Å². The number of amides is 1. The minimum absolute atomic E-state index is 0.302. The van der Waals surface area contributed by atoms with Gasteiger partial charge in [-0.2, -0.15) is 0 Å². The van der Waals surface area contributed by atoms with Crippen LogP contribution >= 0.6 is 0 Å². The zero-order chi connectivity index (χ0) is 10.1. The fourth-order valence-electron chi connectivity index (χ4n) is 0.695. The zero-order valence-electron chi connectivity index (χ0n) is 7.92. The maximum absolute atomic E-state index is 11.3. The molecule has 1 aromatic heterocycles. The van der Waals surface area contributed by atoms with Crippen LogP contribution in [0.15, 0.2) is 10.6 Å². The fourth-order valence-corrected chi connectivity index (χ4v) is 0.695. The number of carbonyl (C=O) groups excluding carboxylic acids is 1. The van der Waals surface area contributed by atoms with E-state index in [1.807, 2.05) is 0 Å². The summed E-state index contributed by atoms with van der Waals surface area (Å²) in [5.74, 6) is 0.0182. The van der Waals surface area contributed by atoms with Crippen molar-refractivity contribution in [3.63, 3.8) is 0 Å². The summed E-state index contributed by atoms with van der Waals surface area (Å²) in [6.07, 6.45) is 0. The molecule has 13 heavy (non-hydrogen) atoms. The Morgan fingerprint density at radius 3 is 2.69 bits per heavy atom. The molecule has 0 saturated heterocycles. The maximum atomic E-state index is 11.3. The van der Waals surface area contributed by atoms with Gasteiger partial charge in [0.05, 0.1) is 11.2 Å². The molecule has 0 aromatic carbocycles. The third kappa shape index (κ3) is 2.55. The summed E-state index contributed by atoms with van der Waals surface area (Å²) in [5.41, 5.74) is 5.36. The van der Waals surface area contributed by atoms with Gasteiger partial charge < -0.3 is 10.3 Å². The first-order valence-electron chi connectivity index (χ1n) is 3.93. The molecule has 5 nitrogen and oxygen atoms in total. The van der Waals surface area contributed by atoms with Gasteiger partial charge in [0, 0.05) is 6.07 Å². The predicted octanol–water partition coefficient (Wildman–Crippen LogP) is 0.659. The van der Waals surface area contributed by atoms with Crippen molar-refractivity contribution in [2.45, 2.75) is 26.3 Å². The molecule has 1 amide bonds. The van der Waals surface area contributed by atoms with E-state index in [0.29, 0.717) is 11.6 Å². The van der Waals surface area contributed by atoms with Crippen LogP contribution in [0.4, 0.5) is 5.88 Å². The highest BCUT2D eigenvalue weighted by Crippen LogP contribution is 2.10. The van der Waals surface area contributed by atoms with E-state index in [1.54, 1.807) is 26.8 Å². The van der Waals surface area contributed by atoms with Gasteiger partial charge in [-0.05, 0) is 20.8 Å². The van der Waals surface area contributed by atoms with Crippen LogP contribution in [-0.2, 0) is 4.79 Å². The highest BCUT2D eigenvalue weighted by Gasteiger charge is 2.22. The second-order valence-electron chi connectivity index (χ2n) is 3.51. The van der Waals surface area contributed by atoms with E-state index in [2.05, 4.69) is 10.5 Å². The largest absolute Gasteiger partial charge is 0.338 e.